The van der Waals surface area contributed by atoms with Crippen LogP contribution in [-0.2, 0) is 4.74 Å². The molecule has 1 aliphatic heterocycles. The molecular weight excluding hydrogens is 400 g/mol. The Morgan fingerprint density at radius 1 is 1.03 bits per heavy atom. The van der Waals surface area contributed by atoms with E-state index in [9.17, 15) is 4.79 Å². The van der Waals surface area contributed by atoms with Gasteiger partial charge in [0.15, 0.2) is 5.82 Å². The van der Waals surface area contributed by atoms with Gasteiger partial charge >= 0.3 is 0 Å². The van der Waals surface area contributed by atoms with Crippen molar-refractivity contribution >= 4 is 17.5 Å². The number of morpholine rings is 1. The summed E-state index contributed by atoms with van der Waals surface area (Å²) in [4.78, 5) is 23.7. The third-order valence-corrected chi connectivity index (χ3v) is 5.40. The molecule has 1 aliphatic rings. The summed E-state index contributed by atoms with van der Waals surface area (Å²) in [7, 11) is 0. The lowest BCUT2D eigenvalue weighted by molar-refractivity contribution is 0.0162. The molecule has 1 aromatic heterocycles. The number of carbonyl (C=O) groups excluding carboxylic acids is 1. The second-order valence-electron chi connectivity index (χ2n) is 7.09. The number of ether oxygens (including phenoxy) is 1. The SMILES string of the molecule is O=C(NCC(c1ccc(Cl)cc1)N1CCOCC1)c1cnc(-c2ccccc2)nc1. The van der Waals surface area contributed by atoms with E-state index in [0.717, 1.165) is 24.2 Å². The molecule has 2 aromatic carbocycles. The number of benzene rings is 2. The molecule has 0 spiro atoms. The second-order valence-corrected chi connectivity index (χ2v) is 7.52. The first-order valence-corrected chi connectivity index (χ1v) is 10.3. The van der Waals surface area contributed by atoms with Crippen molar-refractivity contribution in [1.82, 2.24) is 20.2 Å². The maximum atomic E-state index is 12.7. The van der Waals surface area contributed by atoms with Crippen LogP contribution in [0, 0.1) is 0 Å². The van der Waals surface area contributed by atoms with E-state index in [1.807, 2.05) is 54.6 Å². The summed E-state index contributed by atoms with van der Waals surface area (Å²) in [6.07, 6.45) is 3.13. The van der Waals surface area contributed by atoms with Gasteiger partial charge in [-0.25, -0.2) is 9.97 Å². The summed E-state index contributed by atoms with van der Waals surface area (Å²) in [5.74, 6) is 0.404. The molecule has 2 heterocycles. The van der Waals surface area contributed by atoms with Crippen molar-refractivity contribution < 1.29 is 9.53 Å². The molecule has 1 saturated heterocycles. The molecule has 1 unspecified atom stereocenters. The standard InChI is InChI=1S/C23H23ClN4O2/c24-20-8-6-17(7-9-20)21(28-10-12-30-13-11-28)16-27-23(29)19-14-25-22(26-15-19)18-4-2-1-3-5-18/h1-9,14-15,21H,10-13,16H2,(H,27,29). The average Bonchev–Trinajstić information content (AvgIpc) is 2.81. The zero-order valence-corrected chi connectivity index (χ0v) is 17.3. The Kier molecular flexibility index (Phi) is 6.69. The zero-order valence-electron chi connectivity index (χ0n) is 16.5. The van der Waals surface area contributed by atoms with E-state index in [4.69, 9.17) is 16.3 Å². The van der Waals surface area contributed by atoms with Crippen LogP contribution in [-0.4, -0.2) is 53.6 Å². The number of hydrogen-bond donors (Lipinski definition) is 1. The molecule has 1 fully saturated rings. The fourth-order valence-corrected chi connectivity index (χ4v) is 3.63. The number of nitrogens with one attached hydrogen (secondary N) is 1. The Bertz CT molecular complexity index is 959. The maximum absolute atomic E-state index is 12.7. The highest BCUT2D eigenvalue weighted by molar-refractivity contribution is 6.30. The van der Waals surface area contributed by atoms with Gasteiger partial charge in [0.2, 0.25) is 0 Å². The van der Waals surface area contributed by atoms with E-state index in [-0.39, 0.29) is 11.9 Å². The van der Waals surface area contributed by atoms with Crippen molar-refractivity contribution in [2.75, 3.05) is 32.8 Å². The van der Waals surface area contributed by atoms with E-state index in [0.29, 0.717) is 36.2 Å². The Morgan fingerprint density at radius 2 is 1.70 bits per heavy atom. The van der Waals surface area contributed by atoms with Gasteiger partial charge < -0.3 is 10.1 Å². The van der Waals surface area contributed by atoms with E-state index in [2.05, 4.69) is 20.2 Å². The van der Waals surface area contributed by atoms with Gasteiger partial charge in [-0.05, 0) is 17.7 Å². The van der Waals surface area contributed by atoms with Crippen LogP contribution < -0.4 is 5.32 Å². The molecule has 6 nitrogen and oxygen atoms in total. The lowest BCUT2D eigenvalue weighted by Crippen LogP contribution is -2.43. The van der Waals surface area contributed by atoms with Crippen LogP contribution in [0.1, 0.15) is 22.0 Å². The Morgan fingerprint density at radius 3 is 2.37 bits per heavy atom. The van der Waals surface area contributed by atoms with Crippen molar-refractivity contribution in [3.8, 4) is 11.4 Å². The highest BCUT2D eigenvalue weighted by Crippen LogP contribution is 2.23. The van der Waals surface area contributed by atoms with Gasteiger partial charge in [0.05, 0.1) is 24.8 Å². The minimum absolute atomic E-state index is 0.0413. The van der Waals surface area contributed by atoms with E-state index in [1.165, 1.54) is 0 Å². The monoisotopic (exact) mass is 422 g/mol. The fourth-order valence-electron chi connectivity index (χ4n) is 3.50. The molecule has 3 aromatic rings. The predicted molar refractivity (Wildman–Crippen MR) is 116 cm³/mol. The Balaban J connectivity index is 1.44. The van der Waals surface area contributed by atoms with Gasteiger partial charge in [-0.1, -0.05) is 54.1 Å². The number of hydrogen-bond acceptors (Lipinski definition) is 5. The summed E-state index contributed by atoms with van der Waals surface area (Å²) in [6, 6.07) is 17.5. The van der Waals surface area contributed by atoms with Crippen molar-refractivity contribution in [3.05, 3.63) is 83.1 Å². The fraction of sp³-hybridized carbons (Fsp3) is 0.261. The molecular formula is C23H23ClN4O2. The highest BCUT2D eigenvalue weighted by Gasteiger charge is 2.23. The van der Waals surface area contributed by atoms with Gasteiger partial charge in [0.1, 0.15) is 0 Å². The molecule has 30 heavy (non-hydrogen) atoms. The lowest BCUT2D eigenvalue weighted by Gasteiger charge is -2.35. The van der Waals surface area contributed by atoms with Crippen molar-refractivity contribution in [1.29, 1.82) is 0 Å². The minimum atomic E-state index is -0.193. The van der Waals surface area contributed by atoms with Crippen molar-refractivity contribution in [2.45, 2.75) is 6.04 Å². The van der Waals surface area contributed by atoms with Gasteiger partial charge in [-0.2, -0.15) is 0 Å². The molecule has 0 bridgehead atoms. The number of rotatable bonds is 6. The quantitative estimate of drug-likeness (QED) is 0.657. The first kappa shape index (κ1) is 20.5. The van der Waals surface area contributed by atoms with Crippen molar-refractivity contribution in [2.24, 2.45) is 0 Å². The topological polar surface area (TPSA) is 67.4 Å². The number of halogens is 1. The van der Waals surface area contributed by atoms with E-state index < -0.39 is 0 Å². The van der Waals surface area contributed by atoms with Gasteiger partial charge in [0.25, 0.3) is 5.91 Å². The van der Waals surface area contributed by atoms with Crippen LogP contribution in [0.2, 0.25) is 5.02 Å². The van der Waals surface area contributed by atoms with Crippen LogP contribution in [0.25, 0.3) is 11.4 Å². The number of aromatic nitrogens is 2. The van der Waals surface area contributed by atoms with Crippen LogP contribution in [0.3, 0.4) is 0 Å². The molecule has 154 valence electrons. The summed E-state index contributed by atoms with van der Waals surface area (Å²) in [5, 5.41) is 3.73. The van der Waals surface area contributed by atoms with Gasteiger partial charge in [0, 0.05) is 42.6 Å². The summed E-state index contributed by atoms with van der Waals surface area (Å²) in [5.41, 5.74) is 2.46. The average molecular weight is 423 g/mol. The Labute approximate surface area is 180 Å². The van der Waals surface area contributed by atoms with Crippen LogP contribution in [0.4, 0.5) is 0 Å². The highest BCUT2D eigenvalue weighted by atomic mass is 35.5. The van der Waals surface area contributed by atoms with E-state index >= 15 is 0 Å². The largest absolute Gasteiger partial charge is 0.379 e. The number of nitrogens with zero attached hydrogens (tertiary/aromatic N) is 3. The van der Waals surface area contributed by atoms with Crippen molar-refractivity contribution in [3.63, 3.8) is 0 Å². The first-order valence-electron chi connectivity index (χ1n) is 9.93. The predicted octanol–water partition coefficient (Wildman–Crippen LogP) is 3.60. The zero-order chi connectivity index (χ0) is 20.8. The maximum Gasteiger partial charge on any atom is 0.254 e. The van der Waals surface area contributed by atoms with Crippen LogP contribution in [0.5, 0.6) is 0 Å². The molecule has 1 amide bonds. The lowest BCUT2D eigenvalue weighted by atomic mass is 10.0. The second kappa shape index (κ2) is 9.80. The van der Waals surface area contributed by atoms with Crippen LogP contribution in [0.15, 0.2) is 67.0 Å². The summed E-state index contributed by atoms with van der Waals surface area (Å²) >= 11 is 6.05. The first-order chi connectivity index (χ1) is 14.7. The summed E-state index contributed by atoms with van der Waals surface area (Å²) in [6.45, 7) is 3.48. The molecule has 0 radical (unpaired) electrons. The Hall–Kier alpha value is -2.80. The number of amides is 1. The molecule has 1 N–H and O–H groups in total. The minimum Gasteiger partial charge on any atom is -0.379 e. The third kappa shape index (κ3) is 5.02. The smallest absolute Gasteiger partial charge is 0.254 e. The van der Waals surface area contributed by atoms with Crippen LogP contribution >= 0.6 is 11.6 Å². The molecule has 1 atom stereocenters. The number of carbonyl (C=O) groups is 1. The molecule has 7 heteroatoms. The molecule has 0 aliphatic carbocycles. The summed E-state index contributed by atoms with van der Waals surface area (Å²) < 4.78 is 5.48. The van der Waals surface area contributed by atoms with Gasteiger partial charge in [-0.3, -0.25) is 9.69 Å². The molecule has 0 saturated carbocycles. The van der Waals surface area contributed by atoms with Gasteiger partial charge in [-0.15, -0.1) is 0 Å². The normalized spacial score (nSPS) is 15.5. The third-order valence-electron chi connectivity index (χ3n) is 5.14. The van der Waals surface area contributed by atoms with E-state index in [1.54, 1.807) is 12.4 Å². The molecule has 4 rings (SSSR count).